The van der Waals surface area contributed by atoms with Gasteiger partial charge in [0.15, 0.2) is 5.89 Å². The first-order chi connectivity index (χ1) is 13.0. The average Bonchev–Trinajstić information content (AvgIpc) is 3.08. The summed E-state index contributed by atoms with van der Waals surface area (Å²) in [6, 6.07) is 9.83. The maximum absolute atomic E-state index is 13.0. The molecular weight excluding hydrogens is 346 g/mol. The van der Waals surface area contributed by atoms with E-state index in [9.17, 15) is 9.59 Å². The number of nitrogens with zero attached hydrogens (tertiary/aromatic N) is 2. The molecule has 1 aromatic carbocycles. The van der Waals surface area contributed by atoms with Crippen molar-refractivity contribution < 1.29 is 18.7 Å². The maximum Gasteiger partial charge on any atom is 0.291 e. The first kappa shape index (κ1) is 17.7. The van der Waals surface area contributed by atoms with Gasteiger partial charge in [-0.25, -0.2) is 4.98 Å². The number of nitrogens with one attached hydrogen (secondary N) is 1. The Kier molecular flexibility index (Phi) is 4.47. The van der Waals surface area contributed by atoms with Gasteiger partial charge in [0, 0.05) is 19.5 Å². The van der Waals surface area contributed by atoms with E-state index in [1.165, 1.54) is 0 Å². The van der Waals surface area contributed by atoms with E-state index in [4.69, 9.17) is 9.15 Å². The number of fused-ring (bicyclic) bond motifs is 1. The van der Waals surface area contributed by atoms with E-state index in [0.29, 0.717) is 43.3 Å². The fourth-order valence-corrected chi connectivity index (χ4v) is 3.99. The van der Waals surface area contributed by atoms with Gasteiger partial charge in [-0.05, 0) is 18.9 Å². The van der Waals surface area contributed by atoms with Gasteiger partial charge < -0.3 is 19.4 Å². The van der Waals surface area contributed by atoms with Gasteiger partial charge in [0.1, 0.15) is 12.7 Å². The standard InChI is InChI=1S/C20H23N3O4/c1-3-17-21-13(2)18(27-17)19(25)23-10-9-20(14-7-5-4-6-8-14)15(11-23)26-12-16(24)22-20/h4-8,15H,3,9-12H2,1-2H3,(H,22,24)/t15-,20+/m1/s1. The van der Waals surface area contributed by atoms with E-state index >= 15 is 0 Å². The molecule has 7 nitrogen and oxygen atoms in total. The van der Waals surface area contributed by atoms with Crippen LogP contribution in [0.5, 0.6) is 0 Å². The second-order valence-corrected chi connectivity index (χ2v) is 7.06. The summed E-state index contributed by atoms with van der Waals surface area (Å²) in [6.45, 7) is 4.60. The van der Waals surface area contributed by atoms with E-state index in [-0.39, 0.29) is 24.5 Å². The van der Waals surface area contributed by atoms with Crippen molar-refractivity contribution in [1.29, 1.82) is 0 Å². The van der Waals surface area contributed by atoms with Crippen LogP contribution in [0.25, 0.3) is 0 Å². The smallest absolute Gasteiger partial charge is 0.291 e. The van der Waals surface area contributed by atoms with E-state index in [0.717, 1.165) is 5.56 Å². The highest BCUT2D eigenvalue weighted by atomic mass is 16.5. The van der Waals surface area contributed by atoms with Gasteiger partial charge >= 0.3 is 0 Å². The maximum atomic E-state index is 13.0. The lowest BCUT2D eigenvalue weighted by Crippen LogP contribution is -2.67. The largest absolute Gasteiger partial charge is 0.435 e. The molecule has 0 radical (unpaired) electrons. The summed E-state index contributed by atoms with van der Waals surface area (Å²) in [4.78, 5) is 31.1. The third-order valence-electron chi connectivity index (χ3n) is 5.40. The number of aryl methyl sites for hydroxylation is 2. The number of hydrogen-bond donors (Lipinski definition) is 1. The molecule has 2 saturated heterocycles. The van der Waals surface area contributed by atoms with Crippen molar-refractivity contribution >= 4 is 11.8 Å². The Morgan fingerprint density at radius 3 is 2.85 bits per heavy atom. The van der Waals surface area contributed by atoms with Crippen molar-refractivity contribution in [2.24, 2.45) is 0 Å². The normalized spacial score (nSPS) is 25.0. The topological polar surface area (TPSA) is 84.7 Å². The molecule has 0 spiro atoms. The zero-order valence-electron chi connectivity index (χ0n) is 15.5. The summed E-state index contributed by atoms with van der Waals surface area (Å²) in [7, 11) is 0. The van der Waals surface area contributed by atoms with Crippen LogP contribution in [-0.2, 0) is 21.5 Å². The number of amides is 2. The summed E-state index contributed by atoms with van der Waals surface area (Å²) >= 11 is 0. The molecular formula is C20H23N3O4. The lowest BCUT2D eigenvalue weighted by molar-refractivity contribution is -0.150. The number of likely N-dealkylation sites (tertiary alicyclic amines) is 1. The Balaban J connectivity index is 1.61. The number of oxazole rings is 1. The number of hydrogen-bond acceptors (Lipinski definition) is 5. The zero-order chi connectivity index (χ0) is 19.0. The fourth-order valence-electron chi connectivity index (χ4n) is 3.99. The fraction of sp³-hybridized carbons (Fsp3) is 0.450. The van der Waals surface area contributed by atoms with Crippen molar-refractivity contribution in [3.63, 3.8) is 0 Å². The van der Waals surface area contributed by atoms with Crippen molar-refractivity contribution in [3.8, 4) is 0 Å². The van der Waals surface area contributed by atoms with Crippen molar-refractivity contribution in [3.05, 3.63) is 53.2 Å². The van der Waals surface area contributed by atoms with Crippen molar-refractivity contribution in [2.75, 3.05) is 19.7 Å². The third-order valence-corrected chi connectivity index (χ3v) is 5.40. The molecule has 7 heteroatoms. The first-order valence-corrected chi connectivity index (χ1v) is 9.27. The molecule has 0 bridgehead atoms. The van der Waals surface area contributed by atoms with Crippen LogP contribution in [-0.4, -0.2) is 47.5 Å². The molecule has 0 aliphatic carbocycles. The van der Waals surface area contributed by atoms with Gasteiger partial charge in [0.05, 0.1) is 11.2 Å². The molecule has 2 aliphatic heterocycles. The van der Waals surface area contributed by atoms with Gasteiger partial charge in [0.25, 0.3) is 5.91 Å². The van der Waals surface area contributed by atoms with E-state index in [1.807, 2.05) is 37.3 Å². The van der Waals surface area contributed by atoms with Crippen molar-refractivity contribution in [1.82, 2.24) is 15.2 Å². The van der Waals surface area contributed by atoms with Crippen LogP contribution in [0.3, 0.4) is 0 Å². The van der Waals surface area contributed by atoms with Crippen LogP contribution in [0.4, 0.5) is 0 Å². The number of aromatic nitrogens is 1. The summed E-state index contributed by atoms with van der Waals surface area (Å²) in [6.07, 6.45) is 0.903. The highest BCUT2D eigenvalue weighted by Crippen LogP contribution is 2.37. The average molecular weight is 369 g/mol. The van der Waals surface area contributed by atoms with Gasteiger partial charge in [0.2, 0.25) is 11.7 Å². The number of rotatable bonds is 3. The molecule has 2 fully saturated rings. The Labute approximate surface area is 157 Å². The quantitative estimate of drug-likeness (QED) is 0.892. The minimum Gasteiger partial charge on any atom is -0.435 e. The molecule has 2 aliphatic rings. The summed E-state index contributed by atoms with van der Waals surface area (Å²) in [5, 5.41) is 3.13. The Morgan fingerprint density at radius 1 is 1.37 bits per heavy atom. The summed E-state index contributed by atoms with van der Waals surface area (Å²) < 4.78 is 11.5. The minimum absolute atomic E-state index is 0.00258. The first-order valence-electron chi connectivity index (χ1n) is 9.27. The number of carbonyl (C=O) groups is 2. The van der Waals surface area contributed by atoms with Crippen LogP contribution in [0.1, 0.15) is 41.0 Å². The van der Waals surface area contributed by atoms with Crippen molar-refractivity contribution in [2.45, 2.75) is 38.3 Å². The molecule has 1 aromatic heterocycles. The minimum atomic E-state index is -0.613. The SMILES string of the molecule is CCc1nc(C)c(C(=O)N2CC[C@@]3(c4ccccc4)NC(=O)CO[C@@H]3C2)o1. The lowest BCUT2D eigenvalue weighted by Gasteiger charge is -2.50. The van der Waals surface area contributed by atoms with Crippen LogP contribution in [0, 0.1) is 6.92 Å². The van der Waals surface area contributed by atoms with Crippen LogP contribution < -0.4 is 5.32 Å². The van der Waals surface area contributed by atoms with E-state index in [2.05, 4.69) is 10.3 Å². The number of benzene rings is 1. The van der Waals surface area contributed by atoms with Gasteiger partial charge in [-0.2, -0.15) is 0 Å². The van der Waals surface area contributed by atoms with E-state index < -0.39 is 5.54 Å². The molecule has 3 heterocycles. The zero-order valence-corrected chi connectivity index (χ0v) is 15.5. The molecule has 0 unspecified atom stereocenters. The lowest BCUT2D eigenvalue weighted by atomic mass is 9.77. The molecule has 2 amide bonds. The summed E-state index contributed by atoms with van der Waals surface area (Å²) in [5.74, 6) is 0.544. The number of carbonyl (C=O) groups excluding carboxylic acids is 2. The van der Waals surface area contributed by atoms with Gasteiger partial charge in [-0.1, -0.05) is 37.3 Å². The molecule has 2 aromatic rings. The Morgan fingerprint density at radius 2 is 2.15 bits per heavy atom. The second-order valence-electron chi connectivity index (χ2n) is 7.06. The van der Waals surface area contributed by atoms with Crippen LogP contribution in [0.15, 0.2) is 34.7 Å². The third kappa shape index (κ3) is 3.02. The highest BCUT2D eigenvalue weighted by Gasteiger charge is 2.50. The predicted molar refractivity (Wildman–Crippen MR) is 97.1 cm³/mol. The van der Waals surface area contributed by atoms with Gasteiger partial charge in [-0.3, -0.25) is 9.59 Å². The molecule has 1 N–H and O–H groups in total. The number of ether oxygens (including phenoxy) is 1. The Bertz CT molecular complexity index is 863. The number of morpholine rings is 1. The molecule has 27 heavy (non-hydrogen) atoms. The van der Waals surface area contributed by atoms with Crippen LogP contribution >= 0.6 is 0 Å². The van der Waals surface area contributed by atoms with Crippen LogP contribution in [0.2, 0.25) is 0 Å². The monoisotopic (exact) mass is 369 g/mol. The molecule has 0 saturated carbocycles. The highest BCUT2D eigenvalue weighted by molar-refractivity contribution is 5.92. The summed E-state index contributed by atoms with van der Waals surface area (Å²) in [5.41, 5.74) is 0.993. The second kappa shape index (κ2) is 6.81. The van der Waals surface area contributed by atoms with Gasteiger partial charge in [-0.15, -0.1) is 0 Å². The Hall–Kier alpha value is -2.67. The molecule has 2 atom stereocenters. The van der Waals surface area contributed by atoms with E-state index in [1.54, 1.807) is 11.8 Å². The molecule has 4 rings (SSSR count). The molecule has 142 valence electrons. The predicted octanol–water partition coefficient (Wildman–Crippen LogP) is 1.80. The number of piperidine rings is 1.